The first-order chi connectivity index (χ1) is 9.57. The van der Waals surface area contributed by atoms with Gasteiger partial charge >= 0.3 is 11.9 Å². The van der Waals surface area contributed by atoms with E-state index in [9.17, 15) is 14.4 Å². The average Bonchev–Trinajstić information content (AvgIpc) is 3.19. The Morgan fingerprint density at radius 1 is 1.05 bits per heavy atom. The van der Waals surface area contributed by atoms with Crippen molar-refractivity contribution in [3.8, 4) is 0 Å². The molecular weight excluding hydrogens is 272 g/mol. The molecule has 0 amide bonds. The van der Waals surface area contributed by atoms with Crippen molar-refractivity contribution in [3.63, 3.8) is 0 Å². The van der Waals surface area contributed by atoms with E-state index in [1.807, 2.05) is 27.7 Å². The molecule has 0 aromatic heterocycles. The maximum absolute atomic E-state index is 10.6. The Balaban J connectivity index is 0. The minimum atomic E-state index is -0.328. The summed E-state index contributed by atoms with van der Waals surface area (Å²) < 4.78 is 9.06. The summed E-state index contributed by atoms with van der Waals surface area (Å²) in [7, 11) is 1.38. The summed E-state index contributed by atoms with van der Waals surface area (Å²) in [5.41, 5.74) is -0.328. The third kappa shape index (κ3) is 18.6. The number of ketones is 1. The van der Waals surface area contributed by atoms with Crippen molar-refractivity contribution in [3.05, 3.63) is 0 Å². The predicted molar refractivity (Wildman–Crippen MR) is 81.8 cm³/mol. The molecule has 0 aromatic carbocycles. The molecule has 0 N–H and O–H groups in total. The molecule has 1 fully saturated rings. The standard InChI is InChI=1S/C6H12O2.C6H10O.C4H8O2/c1-5(7)8-6(2,3)4;1-2-6(7)5-3-4-5;1-3-4(5)6-2/h1-4H3;5H,2-4H2,1H3;3H2,1-2H3. The molecule has 1 saturated carbocycles. The molecule has 0 aliphatic heterocycles. The van der Waals surface area contributed by atoms with E-state index in [0.29, 0.717) is 18.1 Å². The first-order valence-corrected chi connectivity index (χ1v) is 7.36. The number of hydrogen-bond acceptors (Lipinski definition) is 5. The topological polar surface area (TPSA) is 69.7 Å². The van der Waals surface area contributed by atoms with Crippen molar-refractivity contribution < 1.29 is 23.9 Å². The summed E-state index contributed by atoms with van der Waals surface area (Å²) in [5, 5.41) is 0. The summed E-state index contributed by atoms with van der Waals surface area (Å²) in [5.74, 6) is 0.553. The van der Waals surface area contributed by atoms with Crippen LogP contribution in [0.2, 0.25) is 0 Å². The van der Waals surface area contributed by atoms with Crippen LogP contribution >= 0.6 is 0 Å². The van der Waals surface area contributed by atoms with Gasteiger partial charge in [-0.15, -0.1) is 0 Å². The first-order valence-electron chi connectivity index (χ1n) is 7.36. The van der Waals surface area contributed by atoms with Crippen molar-refractivity contribution in [2.75, 3.05) is 7.11 Å². The van der Waals surface area contributed by atoms with Crippen LogP contribution in [0.15, 0.2) is 0 Å². The number of carbonyl (C=O) groups is 3. The summed E-state index contributed by atoms with van der Waals surface area (Å²) in [6.45, 7) is 10.6. The van der Waals surface area contributed by atoms with Crippen LogP contribution in [0.25, 0.3) is 0 Å². The van der Waals surface area contributed by atoms with Gasteiger partial charge in [0.25, 0.3) is 0 Å². The van der Waals surface area contributed by atoms with E-state index in [-0.39, 0.29) is 17.5 Å². The lowest BCUT2D eigenvalue weighted by Crippen LogP contribution is -2.21. The maximum Gasteiger partial charge on any atom is 0.305 e. The Morgan fingerprint density at radius 2 is 1.52 bits per heavy atom. The van der Waals surface area contributed by atoms with E-state index in [2.05, 4.69) is 4.74 Å². The number of ether oxygens (including phenoxy) is 2. The molecule has 124 valence electrons. The molecule has 0 spiro atoms. The molecule has 0 heterocycles. The van der Waals surface area contributed by atoms with Crippen LogP contribution in [0.1, 0.15) is 67.2 Å². The second kappa shape index (κ2) is 11.3. The Morgan fingerprint density at radius 3 is 1.57 bits per heavy atom. The fourth-order valence-electron chi connectivity index (χ4n) is 1.27. The zero-order chi connectivity index (χ0) is 17.1. The molecule has 0 saturated heterocycles. The van der Waals surface area contributed by atoms with E-state index in [4.69, 9.17) is 4.74 Å². The monoisotopic (exact) mass is 302 g/mol. The number of Topliss-reactive ketones (excluding diaryl/α,β-unsaturated/α-hetero) is 1. The molecule has 0 aromatic rings. The minimum Gasteiger partial charge on any atom is -0.469 e. The molecule has 5 nitrogen and oxygen atoms in total. The van der Waals surface area contributed by atoms with Crippen LogP contribution in [0.5, 0.6) is 0 Å². The lowest BCUT2D eigenvalue weighted by atomic mass is 10.2. The molecular formula is C16H30O5. The summed E-state index contributed by atoms with van der Waals surface area (Å²) in [6, 6.07) is 0. The van der Waals surface area contributed by atoms with Gasteiger partial charge in [-0.3, -0.25) is 14.4 Å². The van der Waals surface area contributed by atoms with E-state index in [1.54, 1.807) is 6.92 Å². The first kappa shape index (κ1) is 21.9. The van der Waals surface area contributed by atoms with E-state index >= 15 is 0 Å². The smallest absolute Gasteiger partial charge is 0.305 e. The highest BCUT2D eigenvalue weighted by Gasteiger charge is 2.27. The quantitative estimate of drug-likeness (QED) is 0.748. The molecule has 0 radical (unpaired) electrons. The van der Waals surface area contributed by atoms with E-state index in [0.717, 1.165) is 19.3 Å². The molecule has 0 atom stereocenters. The SMILES string of the molecule is CC(=O)OC(C)(C)C.CCC(=O)C1CC1.CCC(=O)OC. The Bertz CT molecular complexity index is 318. The number of rotatable bonds is 3. The molecule has 0 bridgehead atoms. The highest BCUT2D eigenvalue weighted by Crippen LogP contribution is 2.30. The third-order valence-corrected chi connectivity index (χ3v) is 2.35. The Kier molecular flexibility index (Phi) is 11.8. The molecule has 5 heteroatoms. The second-order valence-electron chi connectivity index (χ2n) is 5.73. The fraction of sp³-hybridized carbons (Fsp3) is 0.812. The third-order valence-electron chi connectivity index (χ3n) is 2.35. The highest BCUT2D eigenvalue weighted by molar-refractivity contribution is 5.82. The molecule has 0 unspecified atom stereocenters. The molecule has 1 aliphatic carbocycles. The Hall–Kier alpha value is -1.39. The lowest BCUT2D eigenvalue weighted by molar-refractivity contribution is -0.152. The van der Waals surface area contributed by atoms with Gasteiger partial charge in [0.2, 0.25) is 0 Å². The van der Waals surface area contributed by atoms with Crippen molar-refractivity contribution in [1.29, 1.82) is 0 Å². The average molecular weight is 302 g/mol. The van der Waals surface area contributed by atoms with Gasteiger partial charge in [-0.2, -0.15) is 0 Å². The molecule has 1 rings (SSSR count). The summed E-state index contributed by atoms with van der Waals surface area (Å²) >= 11 is 0. The van der Waals surface area contributed by atoms with Gasteiger partial charge < -0.3 is 9.47 Å². The van der Waals surface area contributed by atoms with Crippen LogP contribution in [-0.2, 0) is 23.9 Å². The summed E-state index contributed by atoms with van der Waals surface area (Å²) in [4.78, 5) is 30.8. The van der Waals surface area contributed by atoms with Gasteiger partial charge in [-0.25, -0.2) is 0 Å². The van der Waals surface area contributed by atoms with Crippen molar-refractivity contribution >= 4 is 17.7 Å². The zero-order valence-electron chi connectivity index (χ0n) is 14.4. The van der Waals surface area contributed by atoms with Crippen molar-refractivity contribution in [2.24, 2.45) is 5.92 Å². The summed E-state index contributed by atoms with van der Waals surface area (Å²) in [6.07, 6.45) is 3.53. The second-order valence-corrected chi connectivity index (χ2v) is 5.73. The van der Waals surface area contributed by atoms with Crippen LogP contribution in [-0.4, -0.2) is 30.4 Å². The van der Waals surface area contributed by atoms with Crippen molar-refractivity contribution in [2.45, 2.75) is 72.8 Å². The van der Waals surface area contributed by atoms with Gasteiger partial charge in [0.1, 0.15) is 11.4 Å². The van der Waals surface area contributed by atoms with Crippen LogP contribution < -0.4 is 0 Å². The number of methoxy groups -OCH3 is 1. The van der Waals surface area contributed by atoms with Gasteiger partial charge in [-0.05, 0) is 33.6 Å². The maximum atomic E-state index is 10.6. The zero-order valence-corrected chi connectivity index (χ0v) is 14.4. The van der Waals surface area contributed by atoms with E-state index in [1.165, 1.54) is 14.0 Å². The van der Waals surface area contributed by atoms with Crippen LogP contribution in [0, 0.1) is 5.92 Å². The predicted octanol–water partition coefficient (Wildman–Crippen LogP) is 3.29. The van der Waals surface area contributed by atoms with E-state index < -0.39 is 0 Å². The number of esters is 2. The van der Waals surface area contributed by atoms with Gasteiger partial charge in [0, 0.05) is 25.7 Å². The van der Waals surface area contributed by atoms with Gasteiger partial charge in [0.05, 0.1) is 7.11 Å². The van der Waals surface area contributed by atoms with Gasteiger partial charge in [-0.1, -0.05) is 13.8 Å². The highest BCUT2D eigenvalue weighted by atomic mass is 16.6. The minimum absolute atomic E-state index is 0.157. The lowest BCUT2D eigenvalue weighted by Gasteiger charge is -2.17. The van der Waals surface area contributed by atoms with Crippen LogP contribution in [0.4, 0.5) is 0 Å². The Labute approximate surface area is 128 Å². The fourth-order valence-corrected chi connectivity index (χ4v) is 1.27. The number of hydrogen-bond donors (Lipinski definition) is 0. The van der Waals surface area contributed by atoms with Crippen molar-refractivity contribution in [1.82, 2.24) is 0 Å². The normalized spacial score (nSPS) is 12.9. The molecule has 21 heavy (non-hydrogen) atoms. The molecule has 1 aliphatic rings. The number of carbonyl (C=O) groups excluding carboxylic acids is 3. The largest absolute Gasteiger partial charge is 0.469 e. The van der Waals surface area contributed by atoms with Gasteiger partial charge in [0.15, 0.2) is 0 Å². The van der Waals surface area contributed by atoms with Crippen LogP contribution in [0.3, 0.4) is 0 Å².